The van der Waals surface area contributed by atoms with E-state index in [4.69, 9.17) is 16.3 Å². The van der Waals surface area contributed by atoms with Crippen LogP contribution in [0.2, 0.25) is 5.02 Å². The van der Waals surface area contributed by atoms with Crippen LogP contribution in [-0.4, -0.2) is 37.1 Å². The zero-order valence-electron chi connectivity index (χ0n) is 13.4. The van der Waals surface area contributed by atoms with Crippen molar-refractivity contribution in [2.75, 3.05) is 26.2 Å². The summed E-state index contributed by atoms with van der Waals surface area (Å²) in [5, 5.41) is 0.677. The second-order valence-electron chi connectivity index (χ2n) is 5.47. The van der Waals surface area contributed by atoms with Gasteiger partial charge in [0.1, 0.15) is 6.61 Å². The number of carbonyl (C=O) groups is 1. The number of esters is 1. The van der Waals surface area contributed by atoms with Gasteiger partial charge in [-0.2, -0.15) is 0 Å². The summed E-state index contributed by atoms with van der Waals surface area (Å²) in [6, 6.07) is 7.43. The van der Waals surface area contributed by atoms with Crippen LogP contribution in [0.4, 0.5) is 0 Å². The molecule has 4 heteroatoms. The molecule has 1 aromatic rings. The van der Waals surface area contributed by atoms with Crippen LogP contribution in [0, 0.1) is 5.92 Å². The minimum atomic E-state index is -0.237. The molecule has 0 heterocycles. The Morgan fingerprint density at radius 2 is 1.76 bits per heavy atom. The quantitative estimate of drug-likeness (QED) is 0.680. The monoisotopic (exact) mass is 311 g/mol. The number of ether oxygens (including phenoxy) is 1. The van der Waals surface area contributed by atoms with Crippen molar-refractivity contribution in [3.05, 3.63) is 34.9 Å². The largest absolute Gasteiger partial charge is 0.464 e. The first-order chi connectivity index (χ1) is 9.99. The molecule has 21 heavy (non-hydrogen) atoms. The van der Waals surface area contributed by atoms with Crippen LogP contribution in [0.25, 0.3) is 0 Å². The first-order valence-corrected chi connectivity index (χ1v) is 8.01. The van der Waals surface area contributed by atoms with Crippen LogP contribution in [0.3, 0.4) is 0 Å². The van der Waals surface area contributed by atoms with Gasteiger partial charge in [0.25, 0.3) is 0 Å². The zero-order chi connectivity index (χ0) is 15.8. The fourth-order valence-electron chi connectivity index (χ4n) is 2.37. The lowest BCUT2D eigenvalue weighted by Gasteiger charge is -2.22. The summed E-state index contributed by atoms with van der Waals surface area (Å²) in [6.07, 6.45) is 0. The maximum atomic E-state index is 12.4. The van der Waals surface area contributed by atoms with Crippen molar-refractivity contribution < 1.29 is 9.53 Å². The van der Waals surface area contributed by atoms with Gasteiger partial charge < -0.3 is 9.64 Å². The third kappa shape index (κ3) is 5.68. The van der Waals surface area contributed by atoms with Crippen LogP contribution in [0.15, 0.2) is 24.3 Å². The third-order valence-corrected chi connectivity index (χ3v) is 3.95. The van der Waals surface area contributed by atoms with Gasteiger partial charge in [-0.1, -0.05) is 51.4 Å². The van der Waals surface area contributed by atoms with Gasteiger partial charge in [-0.15, -0.1) is 0 Å². The van der Waals surface area contributed by atoms with E-state index in [2.05, 4.69) is 18.7 Å². The summed E-state index contributed by atoms with van der Waals surface area (Å²) in [7, 11) is 0. The standard InChI is InChI=1S/C17H26ClNO2/c1-5-19(6-2)11-12-21-17(20)16(13(3)4)14-7-9-15(18)10-8-14/h7-10,13,16H,5-6,11-12H2,1-4H3. The van der Waals surface area contributed by atoms with E-state index in [1.54, 1.807) is 0 Å². The van der Waals surface area contributed by atoms with Crippen molar-refractivity contribution in [3.8, 4) is 0 Å². The van der Waals surface area contributed by atoms with Gasteiger partial charge in [0.05, 0.1) is 5.92 Å². The number of benzene rings is 1. The second-order valence-corrected chi connectivity index (χ2v) is 5.90. The molecule has 0 spiro atoms. The van der Waals surface area contributed by atoms with Crippen LogP contribution >= 0.6 is 11.6 Å². The molecule has 1 rings (SSSR count). The Labute approximate surface area is 133 Å². The highest BCUT2D eigenvalue weighted by Gasteiger charge is 2.25. The van der Waals surface area contributed by atoms with E-state index in [1.807, 2.05) is 38.1 Å². The second kappa shape index (κ2) is 9.06. The summed E-state index contributed by atoms with van der Waals surface area (Å²) in [5.41, 5.74) is 0.960. The predicted molar refractivity (Wildman–Crippen MR) is 87.8 cm³/mol. The Morgan fingerprint density at radius 3 is 2.24 bits per heavy atom. The van der Waals surface area contributed by atoms with E-state index in [0.29, 0.717) is 11.6 Å². The molecule has 0 bridgehead atoms. The normalized spacial score (nSPS) is 12.7. The smallest absolute Gasteiger partial charge is 0.313 e. The lowest BCUT2D eigenvalue weighted by atomic mass is 9.88. The van der Waals surface area contributed by atoms with Crippen LogP contribution < -0.4 is 0 Å². The van der Waals surface area contributed by atoms with Gasteiger partial charge in [0.15, 0.2) is 0 Å². The SMILES string of the molecule is CCN(CC)CCOC(=O)C(c1ccc(Cl)cc1)C(C)C. The summed E-state index contributed by atoms with van der Waals surface area (Å²) in [6.45, 7) is 11.4. The van der Waals surface area contributed by atoms with Gasteiger partial charge in [0, 0.05) is 11.6 Å². The summed E-state index contributed by atoms with van der Waals surface area (Å²) < 4.78 is 5.47. The lowest BCUT2D eigenvalue weighted by Crippen LogP contribution is -2.29. The number of rotatable bonds is 8. The van der Waals surface area contributed by atoms with E-state index >= 15 is 0 Å². The van der Waals surface area contributed by atoms with Crippen LogP contribution in [0.5, 0.6) is 0 Å². The fraction of sp³-hybridized carbons (Fsp3) is 0.588. The molecule has 0 aliphatic rings. The molecule has 3 nitrogen and oxygen atoms in total. The molecule has 1 aromatic carbocycles. The Morgan fingerprint density at radius 1 is 1.19 bits per heavy atom. The molecule has 0 saturated heterocycles. The molecule has 0 aromatic heterocycles. The highest BCUT2D eigenvalue weighted by molar-refractivity contribution is 6.30. The number of halogens is 1. The molecule has 0 aliphatic heterocycles. The first kappa shape index (κ1) is 18.0. The van der Waals surface area contributed by atoms with Gasteiger partial charge in [-0.3, -0.25) is 4.79 Å². The molecule has 0 fully saturated rings. The van der Waals surface area contributed by atoms with E-state index in [1.165, 1.54) is 0 Å². The predicted octanol–water partition coefficient (Wildman–Crippen LogP) is 3.96. The number of hydrogen-bond donors (Lipinski definition) is 0. The topological polar surface area (TPSA) is 29.5 Å². The highest BCUT2D eigenvalue weighted by atomic mass is 35.5. The number of likely N-dealkylation sites (N-methyl/N-ethyl adjacent to an activating group) is 1. The summed E-state index contributed by atoms with van der Waals surface area (Å²) >= 11 is 5.90. The molecule has 0 amide bonds. The maximum Gasteiger partial charge on any atom is 0.313 e. The van der Waals surface area contributed by atoms with Crippen molar-refractivity contribution in [3.63, 3.8) is 0 Å². The van der Waals surface area contributed by atoms with Gasteiger partial charge in [0.2, 0.25) is 0 Å². The fourth-order valence-corrected chi connectivity index (χ4v) is 2.49. The Kier molecular flexibility index (Phi) is 7.76. The minimum Gasteiger partial charge on any atom is -0.464 e. The van der Waals surface area contributed by atoms with Crippen molar-refractivity contribution in [2.45, 2.75) is 33.6 Å². The first-order valence-electron chi connectivity index (χ1n) is 7.64. The molecular weight excluding hydrogens is 286 g/mol. The number of hydrogen-bond acceptors (Lipinski definition) is 3. The molecule has 0 aliphatic carbocycles. The highest BCUT2D eigenvalue weighted by Crippen LogP contribution is 2.27. The molecule has 1 unspecified atom stereocenters. The van der Waals surface area contributed by atoms with E-state index in [-0.39, 0.29) is 17.8 Å². The minimum absolute atomic E-state index is 0.153. The Bertz CT molecular complexity index is 427. The average Bonchev–Trinajstić information content (AvgIpc) is 2.45. The average molecular weight is 312 g/mol. The molecule has 0 saturated carbocycles. The molecule has 1 atom stereocenters. The maximum absolute atomic E-state index is 12.4. The summed E-state index contributed by atoms with van der Waals surface area (Å²) in [5.74, 6) is -0.203. The number of carbonyl (C=O) groups excluding carboxylic acids is 1. The van der Waals surface area contributed by atoms with E-state index in [9.17, 15) is 4.79 Å². The number of nitrogens with zero attached hydrogens (tertiary/aromatic N) is 1. The van der Waals surface area contributed by atoms with Crippen LogP contribution in [-0.2, 0) is 9.53 Å². The summed E-state index contributed by atoms with van der Waals surface area (Å²) in [4.78, 5) is 14.6. The van der Waals surface area contributed by atoms with Crippen molar-refractivity contribution in [2.24, 2.45) is 5.92 Å². The van der Waals surface area contributed by atoms with E-state index < -0.39 is 0 Å². The molecule has 0 radical (unpaired) electrons. The van der Waals surface area contributed by atoms with Crippen molar-refractivity contribution in [1.82, 2.24) is 4.90 Å². The van der Waals surface area contributed by atoms with Gasteiger partial charge in [-0.25, -0.2) is 0 Å². The van der Waals surface area contributed by atoms with Crippen molar-refractivity contribution >= 4 is 17.6 Å². The van der Waals surface area contributed by atoms with Crippen LogP contribution in [0.1, 0.15) is 39.2 Å². The zero-order valence-corrected chi connectivity index (χ0v) is 14.2. The Hall–Kier alpha value is -1.06. The van der Waals surface area contributed by atoms with Gasteiger partial charge >= 0.3 is 5.97 Å². The lowest BCUT2D eigenvalue weighted by molar-refractivity contribution is -0.147. The molecular formula is C17H26ClNO2. The molecule has 0 N–H and O–H groups in total. The van der Waals surface area contributed by atoms with Gasteiger partial charge in [-0.05, 0) is 36.7 Å². The Balaban J connectivity index is 2.64. The van der Waals surface area contributed by atoms with Crippen molar-refractivity contribution in [1.29, 1.82) is 0 Å². The molecule has 118 valence electrons. The third-order valence-electron chi connectivity index (χ3n) is 3.70. The van der Waals surface area contributed by atoms with E-state index in [0.717, 1.165) is 25.2 Å².